The molecule has 1 heterocycles. The fourth-order valence-corrected chi connectivity index (χ4v) is 2.41. The number of carboxylic acid groups (broad SMARTS) is 1. The molecule has 3 nitrogen and oxygen atoms in total. The van der Waals surface area contributed by atoms with E-state index in [2.05, 4.69) is 0 Å². The van der Waals surface area contributed by atoms with Gasteiger partial charge in [-0.05, 0) is 42.1 Å². The van der Waals surface area contributed by atoms with Crippen molar-refractivity contribution in [2.45, 2.75) is 6.92 Å². The third-order valence-electron chi connectivity index (χ3n) is 3.39. The van der Waals surface area contributed by atoms with E-state index >= 15 is 0 Å². The molecule has 0 saturated heterocycles. The highest BCUT2D eigenvalue weighted by Gasteiger charge is 2.12. The zero-order chi connectivity index (χ0) is 13.4. The van der Waals surface area contributed by atoms with Crippen molar-refractivity contribution in [3.05, 3.63) is 65.9 Å². The number of para-hydroxylation sites is 1. The predicted octanol–water partition coefficient (Wildman–Crippen LogP) is 3.64. The molecular formula is C16H13NO2. The molecule has 1 N–H and O–H groups in total. The van der Waals surface area contributed by atoms with Crippen molar-refractivity contribution in [2.24, 2.45) is 0 Å². The van der Waals surface area contributed by atoms with Crippen LogP contribution in [-0.2, 0) is 0 Å². The Balaban J connectivity index is 2.28. The zero-order valence-corrected chi connectivity index (χ0v) is 10.5. The summed E-state index contributed by atoms with van der Waals surface area (Å²) < 4.78 is 2.02. The summed E-state index contributed by atoms with van der Waals surface area (Å²) in [7, 11) is 0. The van der Waals surface area contributed by atoms with E-state index in [9.17, 15) is 9.90 Å². The molecular weight excluding hydrogens is 238 g/mol. The summed E-state index contributed by atoms with van der Waals surface area (Å²) in [5.74, 6) is -0.893. The quantitative estimate of drug-likeness (QED) is 0.755. The number of aromatic carboxylic acids is 1. The third-order valence-corrected chi connectivity index (χ3v) is 3.39. The second kappa shape index (κ2) is 4.28. The van der Waals surface area contributed by atoms with Crippen LogP contribution in [0.15, 0.2) is 54.7 Å². The van der Waals surface area contributed by atoms with Gasteiger partial charge in [-0.25, -0.2) is 4.79 Å². The minimum Gasteiger partial charge on any atom is -0.478 e. The van der Waals surface area contributed by atoms with Crippen molar-refractivity contribution in [3.8, 4) is 5.69 Å². The smallest absolute Gasteiger partial charge is 0.336 e. The second-order valence-corrected chi connectivity index (χ2v) is 4.50. The van der Waals surface area contributed by atoms with Gasteiger partial charge < -0.3 is 9.67 Å². The molecule has 1 aromatic heterocycles. The molecule has 0 aliphatic carbocycles. The molecule has 0 saturated carbocycles. The van der Waals surface area contributed by atoms with Gasteiger partial charge in [0.05, 0.1) is 11.1 Å². The Morgan fingerprint density at radius 1 is 1.05 bits per heavy atom. The molecule has 3 aromatic rings. The molecule has 3 heteroatoms. The summed E-state index contributed by atoms with van der Waals surface area (Å²) >= 11 is 0. The minimum atomic E-state index is -0.893. The van der Waals surface area contributed by atoms with Crippen molar-refractivity contribution in [3.63, 3.8) is 0 Å². The number of fused-ring (bicyclic) bond motifs is 1. The Labute approximate surface area is 110 Å². The number of carboxylic acids is 1. The van der Waals surface area contributed by atoms with Crippen molar-refractivity contribution in [1.82, 2.24) is 4.57 Å². The predicted molar refractivity (Wildman–Crippen MR) is 75.0 cm³/mol. The molecule has 0 atom stereocenters. The molecule has 0 radical (unpaired) electrons. The van der Waals surface area contributed by atoms with Crippen LogP contribution in [0.5, 0.6) is 0 Å². The first kappa shape index (κ1) is 11.5. The van der Waals surface area contributed by atoms with Crippen molar-refractivity contribution >= 4 is 16.9 Å². The summed E-state index contributed by atoms with van der Waals surface area (Å²) in [6.45, 7) is 1.84. The Kier molecular flexibility index (Phi) is 2.60. The molecule has 0 aliphatic heterocycles. The largest absolute Gasteiger partial charge is 0.478 e. The summed E-state index contributed by atoms with van der Waals surface area (Å²) in [5, 5.41) is 10.3. The molecule has 0 spiro atoms. The molecule has 19 heavy (non-hydrogen) atoms. The number of nitrogens with zero attached hydrogens (tertiary/aromatic N) is 1. The van der Waals surface area contributed by atoms with E-state index in [1.54, 1.807) is 12.1 Å². The number of hydrogen-bond donors (Lipinski definition) is 1. The van der Waals surface area contributed by atoms with Gasteiger partial charge in [0, 0.05) is 11.9 Å². The highest BCUT2D eigenvalue weighted by atomic mass is 16.4. The first-order valence-electron chi connectivity index (χ1n) is 6.08. The van der Waals surface area contributed by atoms with Crippen LogP contribution in [0, 0.1) is 6.92 Å². The summed E-state index contributed by atoms with van der Waals surface area (Å²) in [4.78, 5) is 11.2. The van der Waals surface area contributed by atoms with Gasteiger partial charge in [-0.1, -0.05) is 24.3 Å². The maximum absolute atomic E-state index is 11.2. The first-order chi connectivity index (χ1) is 9.18. The van der Waals surface area contributed by atoms with Gasteiger partial charge in [-0.15, -0.1) is 0 Å². The minimum absolute atomic E-state index is 0.343. The number of aromatic nitrogens is 1. The number of rotatable bonds is 2. The molecule has 0 unspecified atom stereocenters. The third kappa shape index (κ3) is 1.80. The lowest BCUT2D eigenvalue weighted by Gasteiger charge is -2.11. The zero-order valence-electron chi connectivity index (χ0n) is 10.5. The van der Waals surface area contributed by atoms with Gasteiger partial charge in [0.1, 0.15) is 0 Å². The lowest BCUT2D eigenvalue weighted by molar-refractivity contribution is 0.0696. The van der Waals surface area contributed by atoms with Gasteiger partial charge in [0.15, 0.2) is 0 Å². The highest BCUT2D eigenvalue weighted by molar-refractivity contribution is 5.91. The van der Waals surface area contributed by atoms with Crippen molar-refractivity contribution in [2.75, 3.05) is 0 Å². The van der Waals surface area contributed by atoms with Crippen LogP contribution in [-0.4, -0.2) is 15.6 Å². The maximum atomic E-state index is 11.2. The molecule has 3 rings (SSSR count). The Morgan fingerprint density at radius 2 is 1.84 bits per heavy atom. The molecule has 0 amide bonds. The van der Waals surface area contributed by atoms with Crippen molar-refractivity contribution < 1.29 is 9.90 Å². The van der Waals surface area contributed by atoms with Crippen LogP contribution in [0.3, 0.4) is 0 Å². The summed E-state index contributed by atoms with van der Waals surface area (Å²) in [5.41, 5.74) is 3.10. The van der Waals surface area contributed by atoms with E-state index in [0.717, 1.165) is 22.2 Å². The fourth-order valence-electron chi connectivity index (χ4n) is 2.41. The van der Waals surface area contributed by atoms with E-state index < -0.39 is 5.97 Å². The van der Waals surface area contributed by atoms with Crippen LogP contribution < -0.4 is 0 Å². The van der Waals surface area contributed by atoms with Crippen LogP contribution in [0.2, 0.25) is 0 Å². The van der Waals surface area contributed by atoms with Crippen LogP contribution in [0.25, 0.3) is 16.6 Å². The SMILES string of the molecule is Cc1c(C(=O)O)cccc1-n1ccc2ccccc21. The van der Waals surface area contributed by atoms with E-state index in [1.807, 2.05) is 54.1 Å². The Bertz CT molecular complexity index is 771. The van der Waals surface area contributed by atoms with Gasteiger partial charge in [-0.3, -0.25) is 0 Å². The van der Waals surface area contributed by atoms with E-state index in [4.69, 9.17) is 0 Å². The van der Waals surface area contributed by atoms with Gasteiger partial charge >= 0.3 is 5.97 Å². The lowest BCUT2D eigenvalue weighted by atomic mass is 10.1. The average Bonchev–Trinajstić information content (AvgIpc) is 2.82. The lowest BCUT2D eigenvalue weighted by Crippen LogP contribution is -2.04. The number of hydrogen-bond acceptors (Lipinski definition) is 1. The Hall–Kier alpha value is -2.55. The molecule has 0 fully saturated rings. The molecule has 2 aromatic carbocycles. The first-order valence-corrected chi connectivity index (χ1v) is 6.08. The number of carbonyl (C=O) groups is 1. The number of benzene rings is 2. The van der Waals surface area contributed by atoms with E-state index in [0.29, 0.717) is 5.56 Å². The van der Waals surface area contributed by atoms with Crippen LogP contribution >= 0.6 is 0 Å². The van der Waals surface area contributed by atoms with E-state index in [1.165, 1.54) is 0 Å². The Morgan fingerprint density at radius 3 is 2.63 bits per heavy atom. The van der Waals surface area contributed by atoms with Crippen LogP contribution in [0.1, 0.15) is 15.9 Å². The maximum Gasteiger partial charge on any atom is 0.336 e. The standard InChI is InChI=1S/C16H13NO2/c1-11-13(16(18)19)6-4-8-14(11)17-10-9-12-5-2-3-7-15(12)17/h2-10H,1H3,(H,18,19). The second-order valence-electron chi connectivity index (χ2n) is 4.50. The normalized spacial score (nSPS) is 10.8. The highest BCUT2D eigenvalue weighted by Crippen LogP contribution is 2.24. The molecule has 0 aliphatic rings. The topological polar surface area (TPSA) is 42.2 Å². The average molecular weight is 251 g/mol. The fraction of sp³-hybridized carbons (Fsp3) is 0.0625. The summed E-state index contributed by atoms with van der Waals surface area (Å²) in [6, 6.07) is 15.4. The van der Waals surface area contributed by atoms with Gasteiger partial charge in [0.2, 0.25) is 0 Å². The van der Waals surface area contributed by atoms with Crippen LogP contribution in [0.4, 0.5) is 0 Å². The van der Waals surface area contributed by atoms with Crippen molar-refractivity contribution in [1.29, 1.82) is 0 Å². The monoisotopic (exact) mass is 251 g/mol. The summed E-state index contributed by atoms with van der Waals surface area (Å²) in [6.07, 6.45) is 1.97. The van der Waals surface area contributed by atoms with Gasteiger partial charge in [0.25, 0.3) is 0 Å². The molecule has 0 bridgehead atoms. The van der Waals surface area contributed by atoms with Gasteiger partial charge in [-0.2, -0.15) is 0 Å². The van der Waals surface area contributed by atoms with E-state index in [-0.39, 0.29) is 0 Å². The molecule has 94 valence electrons.